The predicted molar refractivity (Wildman–Crippen MR) is 40.3 cm³/mol. The third kappa shape index (κ3) is 3.26. The van der Waals surface area contributed by atoms with Gasteiger partial charge in [0.15, 0.2) is 0 Å². The van der Waals surface area contributed by atoms with Crippen LogP contribution < -0.4 is 0 Å². The Morgan fingerprint density at radius 2 is 2.30 bits per heavy atom. The monoisotopic (exact) mass is 139 g/mol. The van der Waals surface area contributed by atoms with Crippen molar-refractivity contribution in [1.82, 2.24) is 0 Å². The van der Waals surface area contributed by atoms with E-state index in [1.807, 2.05) is 19.9 Å². The molecule has 0 aromatic heterocycles. The normalized spacial score (nSPS) is 14.4. The van der Waals surface area contributed by atoms with Gasteiger partial charge in [-0.1, -0.05) is 13.8 Å². The number of rotatable bonds is 3. The number of allylic oxidation sites excluding steroid dienone is 1. The highest BCUT2D eigenvalue weighted by Crippen LogP contribution is 2.02. The number of hydrogen-bond donors (Lipinski definition) is 1. The number of hydrogen-bond acceptors (Lipinski definition) is 2. The van der Waals surface area contributed by atoms with Crippen molar-refractivity contribution in [3.05, 3.63) is 11.6 Å². The van der Waals surface area contributed by atoms with Gasteiger partial charge in [-0.2, -0.15) is 5.26 Å². The second kappa shape index (κ2) is 5.01. The van der Waals surface area contributed by atoms with Gasteiger partial charge >= 0.3 is 0 Å². The molecule has 0 saturated heterocycles. The van der Waals surface area contributed by atoms with Crippen LogP contribution in [-0.4, -0.2) is 11.2 Å². The van der Waals surface area contributed by atoms with E-state index < -0.39 is 6.10 Å². The van der Waals surface area contributed by atoms with Crippen molar-refractivity contribution in [3.8, 4) is 6.07 Å². The van der Waals surface area contributed by atoms with E-state index in [1.54, 1.807) is 6.08 Å². The summed E-state index contributed by atoms with van der Waals surface area (Å²) >= 11 is 0. The van der Waals surface area contributed by atoms with E-state index in [0.29, 0.717) is 18.4 Å². The van der Waals surface area contributed by atoms with Gasteiger partial charge in [0, 0.05) is 5.57 Å². The lowest BCUT2D eigenvalue weighted by Gasteiger charge is -1.99. The molecule has 1 atom stereocenters. The first-order chi connectivity index (χ1) is 4.74. The second-order valence-electron chi connectivity index (χ2n) is 2.13. The molecule has 0 bridgehead atoms. The summed E-state index contributed by atoms with van der Waals surface area (Å²) in [5, 5.41) is 17.5. The lowest BCUT2D eigenvalue weighted by atomic mass is 10.1. The largest absolute Gasteiger partial charge is 0.389 e. The highest BCUT2D eigenvalue weighted by Gasteiger charge is 1.97. The van der Waals surface area contributed by atoms with Crippen LogP contribution in [0.4, 0.5) is 0 Å². The maximum Gasteiger partial charge on any atom is 0.0944 e. The van der Waals surface area contributed by atoms with Gasteiger partial charge in [0.1, 0.15) is 0 Å². The maximum absolute atomic E-state index is 9.06. The summed E-state index contributed by atoms with van der Waals surface area (Å²) in [6, 6.07) is 2.02. The fraction of sp³-hybridized carbons (Fsp3) is 0.625. The van der Waals surface area contributed by atoms with Crippen molar-refractivity contribution in [2.45, 2.75) is 32.8 Å². The Hall–Kier alpha value is -0.810. The SMILES string of the molecule is CC/C(C#N)=C/C(O)CC. The average Bonchev–Trinajstić information content (AvgIpc) is 1.99. The zero-order chi connectivity index (χ0) is 7.98. The zero-order valence-corrected chi connectivity index (χ0v) is 6.46. The minimum Gasteiger partial charge on any atom is -0.389 e. The van der Waals surface area contributed by atoms with Gasteiger partial charge in [-0.25, -0.2) is 0 Å². The van der Waals surface area contributed by atoms with Gasteiger partial charge in [0.05, 0.1) is 12.2 Å². The summed E-state index contributed by atoms with van der Waals surface area (Å²) < 4.78 is 0. The molecule has 0 radical (unpaired) electrons. The van der Waals surface area contributed by atoms with Crippen LogP contribution in [-0.2, 0) is 0 Å². The predicted octanol–water partition coefficient (Wildman–Crippen LogP) is 1.62. The van der Waals surface area contributed by atoms with E-state index in [0.717, 1.165) is 0 Å². The Morgan fingerprint density at radius 1 is 1.70 bits per heavy atom. The molecule has 0 amide bonds. The molecule has 0 aliphatic heterocycles. The van der Waals surface area contributed by atoms with E-state index in [2.05, 4.69) is 0 Å². The summed E-state index contributed by atoms with van der Waals surface area (Å²) in [7, 11) is 0. The first-order valence-corrected chi connectivity index (χ1v) is 3.53. The third-order valence-electron chi connectivity index (χ3n) is 1.34. The molecule has 1 unspecified atom stereocenters. The fourth-order valence-electron chi connectivity index (χ4n) is 0.584. The Morgan fingerprint density at radius 3 is 2.60 bits per heavy atom. The molecule has 0 aliphatic rings. The highest BCUT2D eigenvalue weighted by atomic mass is 16.3. The molecule has 2 heteroatoms. The smallest absolute Gasteiger partial charge is 0.0944 e. The topological polar surface area (TPSA) is 44.0 Å². The first kappa shape index (κ1) is 9.19. The van der Waals surface area contributed by atoms with Crippen molar-refractivity contribution >= 4 is 0 Å². The molecule has 0 aromatic rings. The van der Waals surface area contributed by atoms with Gasteiger partial charge in [-0.3, -0.25) is 0 Å². The van der Waals surface area contributed by atoms with Crippen LogP contribution in [0.3, 0.4) is 0 Å². The van der Waals surface area contributed by atoms with Crippen molar-refractivity contribution in [1.29, 1.82) is 5.26 Å². The molecule has 1 N–H and O–H groups in total. The molecular weight excluding hydrogens is 126 g/mol. The van der Waals surface area contributed by atoms with Crippen molar-refractivity contribution in [2.24, 2.45) is 0 Å². The van der Waals surface area contributed by atoms with E-state index in [4.69, 9.17) is 10.4 Å². The Labute approximate surface area is 61.8 Å². The highest BCUT2D eigenvalue weighted by molar-refractivity contribution is 5.21. The van der Waals surface area contributed by atoms with Crippen molar-refractivity contribution < 1.29 is 5.11 Å². The molecule has 56 valence electrons. The second-order valence-corrected chi connectivity index (χ2v) is 2.13. The molecule has 0 rings (SSSR count). The number of nitrogens with zero attached hydrogens (tertiary/aromatic N) is 1. The Bertz CT molecular complexity index is 155. The summed E-state index contributed by atoms with van der Waals surface area (Å²) in [5.74, 6) is 0. The summed E-state index contributed by atoms with van der Waals surface area (Å²) in [4.78, 5) is 0. The number of nitriles is 1. The van der Waals surface area contributed by atoms with Crippen molar-refractivity contribution in [2.75, 3.05) is 0 Å². The molecule has 0 aromatic carbocycles. The van der Waals surface area contributed by atoms with Gasteiger partial charge in [0.25, 0.3) is 0 Å². The first-order valence-electron chi connectivity index (χ1n) is 3.53. The van der Waals surface area contributed by atoms with E-state index >= 15 is 0 Å². The van der Waals surface area contributed by atoms with Crippen LogP contribution in [0.5, 0.6) is 0 Å². The fourth-order valence-corrected chi connectivity index (χ4v) is 0.584. The zero-order valence-electron chi connectivity index (χ0n) is 6.46. The van der Waals surface area contributed by atoms with Gasteiger partial charge < -0.3 is 5.11 Å². The average molecular weight is 139 g/mol. The molecule has 0 spiro atoms. The van der Waals surface area contributed by atoms with Gasteiger partial charge in [-0.15, -0.1) is 0 Å². The van der Waals surface area contributed by atoms with Crippen LogP contribution in [0.15, 0.2) is 11.6 Å². The molecule has 0 fully saturated rings. The van der Waals surface area contributed by atoms with Crippen LogP contribution in [0.1, 0.15) is 26.7 Å². The Balaban J connectivity index is 4.00. The summed E-state index contributed by atoms with van der Waals surface area (Å²) in [5.41, 5.74) is 0.661. The molecule has 2 nitrogen and oxygen atoms in total. The third-order valence-corrected chi connectivity index (χ3v) is 1.34. The molecular formula is C8H13NO. The molecule has 0 saturated carbocycles. The lowest BCUT2D eigenvalue weighted by Crippen LogP contribution is -1.99. The summed E-state index contributed by atoms with van der Waals surface area (Å²) in [6.07, 6.45) is 2.54. The lowest BCUT2D eigenvalue weighted by molar-refractivity contribution is 0.218. The molecule has 10 heavy (non-hydrogen) atoms. The van der Waals surface area contributed by atoms with Crippen LogP contribution >= 0.6 is 0 Å². The standard InChI is InChI=1S/C8H13NO/c1-3-7(6-9)5-8(10)4-2/h5,8,10H,3-4H2,1-2H3/b7-5-. The number of aliphatic hydroxyl groups is 1. The summed E-state index contributed by atoms with van der Waals surface area (Å²) in [6.45, 7) is 3.78. The van der Waals surface area contributed by atoms with Gasteiger partial charge in [-0.05, 0) is 18.9 Å². The van der Waals surface area contributed by atoms with Gasteiger partial charge in [0.2, 0.25) is 0 Å². The van der Waals surface area contributed by atoms with E-state index in [-0.39, 0.29) is 0 Å². The maximum atomic E-state index is 9.06. The van der Waals surface area contributed by atoms with E-state index in [9.17, 15) is 0 Å². The minimum absolute atomic E-state index is 0.449. The minimum atomic E-state index is -0.449. The quantitative estimate of drug-likeness (QED) is 0.604. The number of aliphatic hydroxyl groups excluding tert-OH is 1. The Kier molecular flexibility index (Phi) is 4.61. The van der Waals surface area contributed by atoms with Crippen LogP contribution in [0, 0.1) is 11.3 Å². The van der Waals surface area contributed by atoms with Crippen molar-refractivity contribution in [3.63, 3.8) is 0 Å². The molecule has 0 aliphatic carbocycles. The van der Waals surface area contributed by atoms with Crippen LogP contribution in [0.25, 0.3) is 0 Å². The van der Waals surface area contributed by atoms with E-state index in [1.165, 1.54) is 0 Å². The van der Waals surface area contributed by atoms with Crippen LogP contribution in [0.2, 0.25) is 0 Å². The molecule has 0 heterocycles.